The number of hydrogen-bond donors (Lipinski definition) is 2. The third kappa shape index (κ3) is 4.84. The molecule has 0 radical (unpaired) electrons. The molecule has 0 aromatic heterocycles. The van der Waals surface area contributed by atoms with Crippen LogP contribution >= 0.6 is 0 Å². The molecule has 0 spiro atoms. The highest BCUT2D eigenvalue weighted by Gasteiger charge is 2.32. The average Bonchev–Trinajstić information content (AvgIpc) is 2.94. The molecule has 0 bridgehead atoms. The summed E-state index contributed by atoms with van der Waals surface area (Å²) in [4.78, 5) is 37.8. The number of benzene rings is 1. The van der Waals surface area contributed by atoms with Crippen LogP contribution in [0.15, 0.2) is 24.3 Å². The van der Waals surface area contributed by atoms with E-state index >= 15 is 0 Å². The molecular formula is C20H27N3O3. The number of carbonyl (C=O) groups excluding carboxylic acids is 3. The summed E-state index contributed by atoms with van der Waals surface area (Å²) in [5.74, 6) is 0.348. The highest BCUT2D eigenvalue weighted by molar-refractivity contribution is 5.97. The molecule has 2 fully saturated rings. The van der Waals surface area contributed by atoms with Gasteiger partial charge in [0.15, 0.2) is 0 Å². The molecule has 6 heteroatoms. The number of nitrogens with one attached hydrogen (secondary N) is 2. The molecule has 3 rings (SSSR count). The predicted octanol–water partition coefficient (Wildman–Crippen LogP) is 2.56. The van der Waals surface area contributed by atoms with Crippen LogP contribution in [0.1, 0.15) is 55.8 Å². The van der Waals surface area contributed by atoms with E-state index in [0.717, 1.165) is 6.54 Å². The fraction of sp³-hybridized carbons (Fsp3) is 0.550. The smallest absolute Gasteiger partial charge is 0.251 e. The number of likely N-dealkylation sites (tertiary alicyclic amines) is 1. The van der Waals surface area contributed by atoms with E-state index in [9.17, 15) is 14.4 Å². The lowest BCUT2D eigenvalue weighted by Crippen LogP contribution is -2.38. The van der Waals surface area contributed by atoms with Crippen LogP contribution in [0.2, 0.25) is 0 Å². The molecule has 2 aliphatic rings. The van der Waals surface area contributed by atoms with E-state index in [1.54, 1.807) is 24.3 Å². The van der Waals surface area contributed by atoms with E-state index in [2.05, 4.69) is 10.6 Å². The maximum Gasteiger partial charge on any atom is 0.251 e. The van der Waals surface area contributed by atoms with Crippen molar-refractivity contribution in [3.05, 3.63) is 29.8 Å². The molecule has 6 nitrogen and oxygen atoms in total. The zero-order valence-electron chi connectivity index (χ0n) is 15.3. The Kier molecular flexibility index (Phi) is 5.91. The van der Waals surface area contributed by atoms with Crippen LogP contribution in [-0.2, 0) is 9.59 Å². The number of anilines is 1. The van der Waals surface area contributed by atoms with Gasteiger partial charge >= 0.3 is 0 Å². The SMILES string of the molecule is CC(=O)Nc1cccc(C(=O)N[C@H]2CC(=O)N(CC3CCCCC3)C2)c1. The first-order valence-corrected chi connectivity index (χ1v) is 9.47. The Bertz CT molecular complexity index is 683. The lowest BCUT2D eigenvalue weighted by Gasteiger charge is -2.27. The van der Waals surface area contributed by atoms with Gasteiger partial charge in [-0.1, -0.05) is 25.3 Å². The second-order valence-corrected chi connectivity index (χ2v) is 7.44. The Balaban J connectivity index is 1.54. The number of nitrogens with zero attached hydrogens (tertiary/aromatic N) is 1. The Labute approximate surface area is 154 Å². The van der Waals surface area contributed by atoms with Gasteiger partial charge in [-0.05, 0) is 37.0 Å². The van der Waals surface area contributed by atoms with Crippen molar-refractivity contribution in [2.75, 3.05) is 18.4 Å². The van der Waals surface area contributed by atoms with Gasteiger partial charge in [0.05, 0.1) is 6.04 Å². The molecule has 3 amide bonds. The van der Waals surface area contributed by atoms with Crippen molar-refractivity contribution >= 4 is 23.4 Å². The summed E-state index contributed by atoms with van der Waals surface area (Å²) in [6.45, 7) is 2.84. The van der Waals surface area contributed by atoms with Crippen LogP contribution in [0.25, 0.3) is 0 Å². The second-order valence-electron chi connectivity index (χ2n) is 7.44. The van der Waals surface area contributed by atoms with Gasteiger partial charge in [-0.3, -0.25) is 14.4 Å². The fourth-order valence-corrected chi connectivity index (χ4v) is 3.94. The summed E-state index contributed by atoms with van der Waals surface area (Å²) in [6.07, 6.45) is 6.60. The molecule has 1 aliphatic heterocycles. The van der Waals surface area contributed by atoms with Crippen LogP contribution in [0.5, 0.6) is 0 Å². The summed E-state index contributed by atoms with van der Waals surface area (Å²) in [6, 6.07) is 6.67. The first kappa shape index (κ1) is 18.4. The van der Waals surface area contributed by atoms with Gasteiger partial charge in [0.2, 0.25) is 11.8 Å². The number of hydrogen-bond acceptors (Lipinski definition) is 3. The Morgan fingerprint density at radius 1 is 1.19 bits per heavy atom. The molecule has 1 saturated carbocycles. The van der Waals surface area contributed by atoms with E-state index in [4.69, 9.17) is 0 Å². The lowest BCUT2D eigenvalue weighted by atomic mass is 9.89. The Morgan fingerprint density at radius 2 is 1.96 bits per heavy atom. The van der Waals surface area contributed by atoms with Crippen molar-refractivity contribution < 1.29 is 14.4 Å². The molecule has 1 aromatic carbocycles. The molecule has 140 valence electrons. The van der Waals surface area contributed by atoms with Gasteiger partial charge in [-0.2, -0.15) is 0 Å². The van der Waals surface area contributed by atoms with Gasteiger partial charge < -0.3 is 15.5 Å². The van der Waals surface area contributed by atoms with Gasteiger partial charge in [0, 0.05) is 37.7 Å². The summed E-state index contributed by atoms with van der Waals surface area (Å²) in [5.41, 5.74) is 1.07. The normalized spacial score (nSPS) is 20.9. The van der Waals surface area contributed by atoms with Gasteiger partial charge in [-0.25, -0.2) is 0 Å². The fourth-order valence-electron chi connectivity index (χ4n) is 3.94. The topological polar surface area (TPSA) is 78.5 Å². The van der Waals surface area contributed by atoms with Crippen molar-refractivity contribution in [3.8, 4) is 0 Å². The van der Waals surface area contributed by atoms with Crippen LogP contribution in [0.3, 0.4) is 0 Å². The molecular weight excluding hydrogens is 330 g/mol. The minimum absolute atomic E-state index is 0.132. The van der Waals surface area contributed by atoms with Gasteiger partial charge in [0.1, 0.15) is 0 Å². The van der Waals surface area contributed by atoms with E-state index in [-0.39, 0.29) is 23.8 Å². The number of rotatable bonds is 5. The average molecular weight is 357 g/mol. The second kappa shape index (κ2) is 8.34. The van der Waals surface area contributed by atoms with E-state index < -0.39 is 0 Å². The third-order valence-electron chi connectivity index (χ3n) is 5.20. The Morgan fingerprint density at radius 3 is 2.69 bits per heavy atom. The first-order chi connectivity index (χ1) is 12.5. The molecule has 0 unspecified atom stereocenters. The van der Waals surface area contributed by atoms with Crippen molar-refractivity contribution in [2.45, 2.75) is 51.5 Å². The van der Waals surface area contributed by atoms with Crippen LogP contribution in [-0.4, -0.2) is 41.8 Å². The molecule has 1 heterocycles. The Hall–Kier alpha value is -2.37. The third-order valence-corrected chi connectivity index (χ3v) is 5.20. The van der Waals surface area contributed by atoms with Crippen molar-refractivity contribution in [3.63, 3.8) is 0 Å². The maximum atomic E-state index is 12.5. The van der Waals surface area contributed by atoms with Crippen molar-refractivity contribution in [1.82, 2.24) is 10.2 Å². The lowest BCUT2D eigenvalue weighted by molar-refractivity contribution is -0.128. The number of carbonyl (C=O) groups is 3. The molecule has 2 N–H and O–H groups in total. The summed E-state index contributed by atoms with van der Waals surface area (Å²) in [7, 11) is 0. The van der Waals surface area contributed by atoms with Gasteiger partial charge in [-0.15, -0.1) is 0 Å². The van der Waals surface area contributed by atoms with Crippen molar-refractivity contribution in [2.24, 2.45) is 5.92 Å². The summed E-state index contributed by atoms with van der Waals surface area (Å²) < 4.78 is 0. The monoisotopic (exact) mass is 357 g/mol. The zero-order chi connectivity index (χ0) is 18.5. The number of amides is 3. The zero-order valence-corrected chi connectivity index (χ0v) is 15.3. The van der Waals surface area contributed by atoms with E-state index in [1.807, 2.05) is 4.90 Å². The van der Waals surface area contributed by atoms with Crippen LogP contribution in [0.4, 0.5) is 5.69 Å². The molecule has 1 saturated heterocycles. The minimum atomic E-state index is -0.213. The molecule has 1 atom stereocenters. The molecule has 1 aliphatic carbocycles. The molecule has 1 aromatic rings. The maximum absolute atomic E-state index is 12.5. The summed E-state index contributed by atoms with van der Waals surface area (Å²) in [5, 5.41) is 5.63. The minimum Gasteiger partial charge on any atom is -0.347 e. The first-order valence-electron chi connectivity index (χ1n) is 9.47. The summed E-state index contributed by atoms with van der Waals surface area (Å²) >= 11 is 0. The largest absolute Gasteiger partial charge is 0.347 e. The standard InChI is InChI=1S/C20H27N3O3/c1-14(24)21-17-9-5-8-16(10-17)20(26)22-18-11-19(25)23(13-18)12-15-6-3-2-4-7-15/h5,8-10,15,18H,2-4,6-7,11-13H2,1H3,(H,21,24)(H,22,26)/t18-/m0/s1. The van der Waals surface area contributed by atoms with Crippen molar-refractivity contribution in [1.29, 1.82) is 0 Å². The van der Waals surface area contributed by atoms with E-state index in [1.165, 1.54) is 39.0 Å². The highest BCUT2D eigenvalue weighted by atomic mass is 16.2. The van der Waals surface area contributed by atoms with Crippen LogP contribution in [0, 0.1) is 5.92 Å². The molecule has 26 heavy (non-hydrogen) atoms. The van der Waals surface area contributed by atoms with E-state index in [0.29, 0.717) is 30.1 Å². The van der Waals surface area contributed by atoms with Crippen LogP contribution < -0.4 is 10.6 Å². The predicted molar refractivity (Wildman–Crippen MR) is 99.8 cm³/mol. The van der Waals surface area contributed by atoms with Gasteiger partial charge in [0.25, 0.3) is 5.91 Å². The quantitative estimate of drug-likeness (QED) is 0.850. The highest BCUT2D eigenvalue weighted by Crippen LogP contribution is 2.26.